The van der Waals surface area contributed by atoms with Crippen molar-refractivity contribution in [3.8, 4) is 5.75 Å². The lowest BCUT2D eigenvalue weighted by Crippen LogP contribution is -2.63. The van der Waals surface area contributed by atoms with Crippen LogP contribution in [-0.2, 0) is 9.59 Å². The number of hydrogen-bond donors (Lipinski definition) is 3. The van der Waals surface area contributed by atoms with E-state index in [4.69, 9.17) is 4.74 Å². The second-order valence-corrected chi connectivity index (χ2v) is 9.32. The number of aliphatic hydroxyl groups is 1. The molecular weight excluding hydrogens is 392 g/mol. The van der Waals surface area contributed by atoms with Crippen molar-refractivity contribution >= 4 is 23.6 Å². The standard InChI is InChI=1S/C21H26N2O5S/c1-11-17-16(12(2)24)20(25)23(17)18(21(26)27)19(11)29-15-8-13(22-9-15)10-28-14-6-4-3-5-7-14/h3-7,11-13,15-17,22,24H,8-10H2,1-2H3,(H,26,27)/t11-,12-,13+,15+,16-,17-/m1/s1. The van der Waals surface area contributed by atoms with Gasteiger partial charge in [0, 0.05) is 28.7 Å². The average Bonchev–Trinajstić information content (AvgIpc) is 3.22. The fourth-order valence-electron chi connectivity index (χ4n) is 4.57. The zero-order valence-electron chi connectivity index (χ0n) is 16.4. The van der Waals surface area contributed by atoms with E-state index in [2.05, 4.69) is 5.32 Å². The highest BCUT2D eigenvalue weighted by molar-refractivity contribution is 8.03. The van der Waals surface area contributed by atoms with Crippen LogP contribution in [0.25, 0.3) is 0 Å². The summed E-state index contributed by atoms with van der Waals surface area (Å²) in [6.07, 6.45) is 0.0808. The Bertz CT molecular complexity index is 828. The van der Waals surface area contributed by atoms with Crippen molar-refractivity contribution in [1.29, 1.82) is 0 Å². The molecule has 3 N–H and O–H groups in total. The number of hydrogen-bond acceptors (Lipinski definition) is 6. The van der Waals surface area contributed by atoms with E-state index >= 15 is 0 Å². The van der Waals surface area contributed by atoms with Gasteiger partial charge in [0.2, 0.25) is 5.91 Å². The van der Waals surface area contributed by atoms with E-state index in [1.165, 1.54) is 4.90 Å². The van der Waals surface area contributed by atoms with Crippen molar-refractivity contribution in [2.75, 3.05) is 13.2 Å². The summed E-state index contributed by atoms with van der Waals surface area (Å²) in [5.41, 5.74) is 0.0957. The van der Waals surface area contributed by atoms with Gasteiger partial charge < -0.3 is 25.2 Å². The Morgan fingerprint density at radius 2 is 2.10 bits per heavy atom. The maximum atomic E-state index is 12.4. The van der Waals surface area contributed by atoms with Gasteiger partial charge in [0.05, 0.1) is 18.1 Å². The zero-order chi connectivity index (χ0) is 20.7. The highest BCUT2D eigenvalue weighted by Crippen LogP contribution is 2.51. The van der Waals surface area contributed by atoms with Crippen LogP contribution in [0.3, 0.4) is 0 Å². The molecule has 156 valence electrons. The highest BCUT2D eigenvalue weighted by Gasteiger charge is 2.60. The van der Waals surface area contributed by atoms with Gasteiger partial charge in [0.25, 0.3) is 0 Å². The number of fused-ring (bicyclic) bond motifs is 1. The molecule has 0 aliphatic carbocycles. The number of β-lactam (4-membered cyclic amide) rings is 1. The average molecular weight is 419 g/mol. The Hall–Kier alpha value is -2.03. The number of carbonyl (C=O) groups excluding carboxylic acids is 1. The Kier molecular flexibility index (Phi) is 5.59. The molecule has 3 aliphatic rings. The molecule has 0 radical (unpaired) electrons. The third-order valence-corrected chi connectivity index (χ3v) is 7.49. The number of nitrogens with zero attached hydrogens (tertiary/aromatic N) is 1. The van der Waals surface area contributed by atoms with Gasteiger partial charge in [-0.05, 0) is 25.5 Å². The van der Waals surface area contributed by atoms with Crippen LogP contribution in [0, 0.1) is 11.8 Å². The summed E-state index contributed by atoms with van der Waals surface area (Å²) in [4.78, 5) is 26.5. The minimum atomic E-state index is -1.07. The van der Waals surface area contributed by atoms with Crippen molar-refractivity contribution in [2.45, 2.75) is 43.7 Å². The van der Waals surface area contributed by atoms with E-state index in [0.717, 1.165) is 23.6 Å². The minimum absolute atomic E-state index is 0.0944. The monoisotopic (exact) mass is 418 g/mol. The quantitative estimate of drug-likeness (QED) is 0.580. The van der Waals surface area contributed by atoms with Crippen LogP contribution in [0.15, 0.2) is 40.9 Å². The van der Waals surface area contributed by atoms with Crippen LogP contribution < -0.4 is 10.1 Å². The third-order valence-electron chi connectivity index (χ3n) is 5.98. The first-order valence-electron chi connectivity index (χ1n) is 9.95. The molecule has 3 heterocycles. The van der Waals surface area contributed by atoms with Crippen molar-refractivity contribution in [3.05, 3.63) is 40.9 Å². The summed E-state index contributed by atoms with van der Waals surface area (Å²) in [6.45, 7) is 4.86. The molecule has 0 aromatic heterocycles. The normalized spacial score (nSPS) is 32.2. The van der Waals surface area contributed by atoms with E-state index in [0.29, 0.717) is 6.61 Å². The van der Waals surface area contributed by atoms with Crippen LogP contribution in [0.1, 0.15) is 20.3 Å². The lowest BCUT2D eigenvalue weighted by Gasteiger charge is -2.46. The molecule has 0 unspecified atom stereocenters. The minimum Gasteiger partial charge on any atom is -0.492 e. The van der Waals surface area contributed by atoms with Gasteiger partial charge in [-0.25, -0.2) is 4.79 Å². The predicted molar refractivity (Wildman–Crippen MR) is 109 cm³/mol. The molecule has 4 rings (SSSR count). The lowest BCUT2D eigenvalue weighted by molar-refractivity contribution is -0.163. The number of thioether (sulfide) groups is 1. The summed E-state index contributed by atoms with van der Waals surface area (Å²) >= 11 is 1.55. The van der Waals surface area contributed by atoms with E-state index in [9.17, 15) is 19.8 Å². The van der Waals surface area contributed by atoms with Gasteiger partial charge in [0.15, 0.2) is 0 Å². The van der Waals surface area contributed by atoms with Crippen LogP contribution >= 0.6 is 11.8 Å². The van der Waals surface area contributed by atoms with Crippen LogP contribution in [0.4, 0.5) is 0 Å². The summed E-state index contributed by atoms with van der Waals surface area (Å²) in [6, 6.07) is 9.59. The number of nitrogens with one attached hydrogen (secondary N) is 1. The number of carboxylic acid groups (broad SMARTS) is 1. The smallest absolute Gasteiger partial charge is 0.353 e. The van der Waals surface area contributed by atoms with Gasteiger partial charge in [-0.2, -0.15) is 0 Å². The Morgan fingerprint density at radius 1 is 1.38 bits per heavy atom. The van der Waals surface area contributed by atoms with E-state index < -0.39 is 18.0 Å². The molecule has 29 heavy (non-hydrogen) atoms. The molecule has 0 saturated carbocycles. The maximum Gasteiger partial charge on any atom is 0.353 e. The highest BCUT2D eigenvalue weighted by atomic mass is 32.2. The fourth-order valence-corrected chi connectivity index (χ4v) is 6.09. The lowest BCUT2D eigenvalue weighted by atomic mass is 9.79. The molecule has 6 atom stereocenters. The Balaban J connectivity index is 1.41. The summed E-state index contributed by atoms with van der Waals surface area (Å²) in [5.74, 6) is -1.15. The van der Waals surface area contributed by atoms with Crippen molar-refractivity contribution in [2.24, 2.45) is 11.8 Å². The number of carbonyl (C=O) groups is 2. The number of rotatable bonds is 7. The number of amides is 1. The second kappa shape index (κ2) is 8.01. The van der Waals surface area contributed by atoms with Gasteiger partial charge in [-0.3, -0.25) is 4.79 Å². The van der Waals surface area contributed by atoms with E-state index in [1.807, 2.05) is 37.3 Å². The first-order valence-corrected chi connectivity index (χ1v) is 10.8. The molecule has 7 nitrogen and oxygen atoms in total. The van der Waals surface area contributed by atoms with E-state index in [1.54, 1.807) is 18.7 Å². The molecule has 1 aromatic rings. The summed E-state index contributed by atoms with van der Waals surface area (Å²) in [5, 5.41) is 23.3. The van der Waals surface area contributed by atoms with Crippen molar-refractivity contribution < 1.29 is 24.5 Å². The molecule has 8 heteroatoms. The predicted octanol–water partition coefficient (Wildman–Crippen LogP) is 1.68. The Labute approximate surface area is 174 Å². The number of aliphatic carboxylic acids is 1. The van der Waals surface area contributed by atoms with Crippen LogP contribution in [0.2, 0.25) is 0 Å². The number of aliphatic hydroxyl groups excluding tert-OH is 1. The molecule has 0 bridgehead atoms. The molecular formula is C21H26N2O5S. The summed E-state index contributed by atoms with van der Waals surface area (Å²) < 4.78 is 5.83. The van der Waals surface area contributed by atoms with Crippen LogP contribution in [0.5, 0.6) is 5.75 Å². The van der Waals surface area contributed by atoms with Crippen molar-refractivity contribution in [1.82, 2.24) is 10.2 Å². The first-order chi connectivity index (χ1) is 13.9. The topological polar surface area (TPSA) is 99.1 Å². The Morgan fingerprint density at radius 3 is 2.76 bits per heavy atom. The number of para-hydroxylation sites is 1. The molecule has 2 saturated heterocycles. The first kappa shape index (κ1) is 20.3. The van der Waals surface area contributed by atoms with Gasteiger partial charge in [0.1, 0.15) is 18.1 Å². The number of benzene rings is 1. The molecule has 1 aromatic carbocycles. The molecule has 3 aliphatic heterocycles. The van der Waals surface area contributed by atoms with Gasteiger partial charge >= 0.3 is 5.97 Å². The SMILES string of the molecule is C[C@@H](O)[C@H]1C(=O)N2C(C(=O)O)=C(S[C@@H]3CN[C@H](COc4ccccc4)C3)[C@H](C)[C@H]12. The van der Waals surface area contributed by atoms with Gasteiger partial charge in [-0.1, -0.05) is 25.1 Å². The molecule has 1 amide bonds. The molecule has 2 fully saturated rings. The maximum absolute atomic E-state index is 12.4. The molecule has 0 spiro atoms. The number of carboxylic acids is 1. The van der Waals surface area contributed by atoms with Gasteiger partial charge in [-0.15, -0.1) is 11.8 Å². The zero-order valence-corrected chi connectivity index (χ0v) is 17.3. The van der Waals surface area contributed by atoms with E-state index in [-0.39, 0.29) is 34.9 Å². The van der Waals surface area contributed by atoms with Crippen LogP contribution in [-0.4, -0.2) is 63.6 Å². The third kappa shape index (κ3) is 3.65. The summed E-state index contributed by atoms with van der Waals surface area (Å²) in [7, 11) is 0. The largest absolute Gasteiger partial charge is 0.492 e. The second-order valence-electron chi connectivity index (χ2n) is 7.98. The fraction of sp³-hybridized carbons (Fsp3) is 0.524. The number of ether oxygens (including phenoxy) is 1. The van der Waals surface area contributed by atoms with Crippen molar-refractivity contribution in [3.63, 3.8) is 0 Å².